The molecule has 2 heterocycles. The predicted octanol–water partition coefficient (Wildman–Crippen LogP) is 6.10. The number of piperazine rings is 1. The Morgan fingerprint density at radius 1 is 0.842 bits per heavy atom. The molecule has 194 valence electrons. The van der Waals surface area contributed by atoms with Crippen LogP contribution in [0.3, 0.4) is 0 Å². The maximum Gasteiger partial charge on any atom is 0.321 e. The molecule has 38 heavy (non-hydrogen) atoms. The number of anilines is 1. The number of benzene rings is 3. The Morgan fingerprint density at radius 3 is 2.21 bits per heavy atom. The van der Waals surface area contributed by atoms with Crippen molar-refractivity contribution in [2.75, 3.05) is 38.6 Å². The smallest absolute Gasteiger partial charge is 0.321 e. The van der Waals surface area contributed by atoms with Gasteiger partial charge in [-0.2, -0.15) is 0 Å². The van der Waals surface area contributed by atoms with Crippen LogP contribution in [0.1, 0.15) is 16.1 Å². The summed E-state index contributed by atoms with van der Waals surface area (Å²) in [6, 6.07) is 26.5. The van der Waals surface area contributed by atoms with Gasteiger partial charge in [0.2, 0.25) is 0 Å². The molecule has 1 saturated heterocycles. The first-order valence-electron chi connectivity index (χ1n) is 12.5. The number of amides is 3. The molecule has 1 fully saturated rings. The SMILES string of the molecule is COc1cccc(-n2c(-c3ccc(Cl)cc3)cc(C(=O)N3CCN(C(=O)Nc4ccccc4)CC3)c2C)c1. The number of halogens is 1. The van der Waals surface area contributed by atoms with Gasteiger partial charge >= 0.3 is 6.03 Å². The van der Waals surface area contributed by atoms with Crippen LogP contribution in [0.5, 0.6) is 5.75 Å². The van der Waals surface area contributed by atoms with Crippen molar-refractivity contribution in [2.24, 2.45) is 0 Å². The Kier molecular flexibility index (Phi) is 7.38. The van der Waals surface area contributed by atoms with Crippen molar-refractivity contribution >= 4 is 29.2 Å². The number of methoxy groups -OCH3 is 1. The lowest BCUT2D eigenvalue weighted by atomic mass is 10.1. The van der Waals surface area contributed by atoms with Gasteiger partial charge in [-0.1, -0.05) is 48.0 Å². The van der Waals surface area contributed by atoms with E-state index in [9.17, 15) is 9.59 Å². The average molecular weight is 529 g/mol. The van der Waals surface area contributed by atoms with Crippen molar-refractivity contribution in [3.63, 3.8) is 0 Å². The van der Waals surface area contributed by atoms with Gasteiger partial charge in [-0.3, -0.25) is 4.79 Å². The van der Waals surface area contributed by atoms with Crippen LogP contribution in [-0.4, -0.2) is 59.6 Å². The normalized spacial score (nSPS) is 13.3. The average Bonchev–Trinajstić information content (AvgIpc) is 3.30. The van der Waals surface area contributed by atoms with Crippen LogP contribution in [0.25, 0.3) is 16.9 Å². The number of ether oxygens (including phenoxy) is 1. The summed E-state index contributed by atoms with van der Waals surface area (Å²) in [6.07, 6.45) is 0. The monoisotopic (exact) mass is 528 g/mol. The fraction of sp³-hybridized carbons (Fsp3) is 0.200. The zero-order valence-electron chi connectivity index (χ0n) is 21.4. The molecule has 5 rings (SSSR count). The second kappa shape index (κ2) is 11.0. The number of aromatic nitrogens is 1. The number of urea groups is 1. The molecule has 1 aromatic heterocycles. The summed E-state index contributed by atoms with van der Waals surface area (Å²) >= 11 is 6.15. The largest absolute Gasteiger partial charge is 0.497 e. The number of nitrogens with one attached hydrogen (secondary N) is 1. The molecule has 3 amide bonds. The molecule has 4 aromatic rings. The summed E-state index contributed by atoms with van der Waals surface area (Å²) in [7, 11) is 1.64. The van der Waals surface area contributed by atoms with Gasteiger partial charge in [0.05, 0.1) is 18.4 Å². The molecule has 0 unspecified atom stereocenters. The number of carbonyl (C=O) groups is 2. The van der Waals surface area contributed by atoms with E-state index < -0.39 is 0 Å². The van der Waals surface area contributed by atoms with E-state index in [-0.39, 0.29) is 11.9 Å². The summed E-state index contributed by atoms with van der Waals surface area (Å²) < 4.78 is 7.52. The minimum atomic E-state index is -0.159. The van der Waals surface area contributed by atoms with Crippen molar-refractivity contribution in [1.29, 1.82) is 0 Å². The number of hydrogen-bond donors (Lipinski definition) is 1. The standard InChI is InChI=1S/C30H29ClN4O3/c1-21-27(29(36)33-15-17-34(18-16-33)30(37)32-24-7-4-3-5-8-24)20-28(22-11-13-23(31)14-12-22)35(21)25-9-6-10-26(19-25)38-2/h3-14,19-20H,15-18H2,1-2H3,(H,32,37). The first kappa shape index (κ1) is 25.4. The lowest BCUT2D eigenvalue weighted by Gasteiger charge is -2.34. The molecule has 8 heteroatoms. The molecule has 0 aliphatic carbocycles. The number of carbonyl (C=O) groups excluding carboxylic acids is 2. The minimum absolute atomic E-state index is 0.0533. The number of hydrogen-bond acceptors (Lipinski definition) is 3. The second-order valence-electron chi connectivity index (χ2n) is 9.15. The van der Waals surface area contributed by atoms with Crippen molar-refractivity contribution in [1.82, 2.24) is 14.4 Å². The predicted molar refractivity (Wildman–Crippen MR) is 150 cm³/mol. The Hall–Kier alpha value is -4.23. The third kappa shape index (κ3) is 5.24. The van der Waals surface area contributed by atoms with Crippen molar-refractivity contribution in [3.8, 4) is 22.7 Å². The van der Waals surface area contributed by atoms with Gasteiger partial charge in [-0.15, -0.1) is 0 Å². The Balaban J connectivity index is 1.39. The lowest BCUT2D eigenvalue weighted by Crippen LogP contribution is -2.51. The molecule has 0 saturated carbocycles. The van der Waals surface area contributed by atoms with E-state index >= 15 is 0 Å². The zero-order chi connectivity index (χ0) is 26.6. The van der Waals surface area contributed by atoms with Gasteiger partial charge < -0.3 is 24.4 Å². The highest BCUT2D eigenvalue weighted by molar-refractivity contribution is 6.30. The Morgan fingerprint density at radius 2 is 1.53 bits per heavy atom. The highest BCUT2D eigenvalue weighted by Gasteiger charge is 2.28. The molecule has 7 nitrogen and oxygen atoms in total. The van der Waals surface area contributed by atoms with Gasteiger partial charge in [0.25, 0.3) is 5.91 Å². The topological polar surface area (TPSA) is 66.8 Å². The maximum atomic E-state index is 13.7. The van der Waals surface area contributed by atoms with Gasteiger partial charge in [0, 0.05) is 54.3 Å². The fourth-order valence-electron chi connectivity index (χ4n) is 4.75. The maximum absolute atomic E-state index is 13.7. The highest BCUT2D eigenvalue weighted by atomic mass is 35.5. The molecule has 1 aliphatic heterocycles. The van der Waals surface area contributed by atoms with E-state index in [2.05, 4.69) is 9.88 Å². The fourth-order valence-corrected chi connectivity index (χ4v) is 4.87. The third-order valence-electron chi connectivity index (χ3n) is 6.81. The zero-order valence-corrected chi connectivity index (χ0v) is 22.1. The van der Waals surface area contributed by atoms with Crippen LogP contribution in [-0.2, 0) is 0 Å². The molecule has 3 aromatic carbocycles. The van der Waals surface area contributed by atoms with Crippen LogP contribution < -0.4 is 10.1 Å². The van der Waals surface area contributed by atoms with E-state index in [4.69, 9.17) is 16.3 Å². The van der Waals surface area contributed by atoms with Gasteiger partial charge in [-0.25, -0.2) is 4.79 Å². The van der Waals surface area contributed by atoms with Crippen molar-refractivity contribution < 1.29 is 14.3 Å². The number of rotatable bonds is 5. The molecule has 0 spiro atoms. The van der Waals surface area contributed by atoms with E-state index in [1.165, 1.54) is 0 Å². The number of para-hydroxylation sites is 1. The second-order valence-corrected chi connectivity index (χ2v) is 9.58. The summed E-state index contributed by atoms with van der Waals surface area (Å²) in [5, 5.41) is 3.57. The molecule has 0 atom stereocenters. The van der Waals surface area contributed by atoms with Gasteiger partial charge in [0.1, 0.15) is 5.75 Å². The first-order valence-corrected chi connectivity index (χ1v) is 12.9. The summed E-state index contributed by atoms with van der Waals surface area (Å²) in [4.78, 5) is 30.0. The Labute approximate surface area is 227 Å². The molecule has 1 N–H and O–H groups in total. The van der Waals surface area contributed by atoms with Crippen molar-refractivity contribution in [2.45, 2.75) is 6.92 Å². The van der Waals surface area contributed by atoms with E-state index in [1.807, 2.05) is 96.8 Å². The van der Waals surface area contributed by atoms with Crippen LogP contribution in [0, 0.1) is 6.92 Å². The first-order chi connectivity index (χ1) is 18.4. The van der Waals surface area contributed by atoms with Crippen molar-refractivity contribution in [3.05, 3.63) is 101 Å². The van der Waals surface area contributed by atoms with E-state index in [1.54, 1.807) is 12.0 Å². The quantitative estimate of drug-likeness (QED) is 0.340. The van der Waals surface area contributed by atoms with Crippen LogP contribution in [0.4, 0.5) is 10.5 Å². The molecular weight excluding hydrogens is 500 g/mol. The summed E-state index contributed by atoms with van der Waals surface area (Å²) in [5.41, 5.74) is 4.93. The number of nitrogens with zero attached hydrogens (tertiary/aromatic N) is 3. The van der Waals surface area contributed by atoms with Crippen LogP contribution in [0.2, 0.25) is 5.02 Å². The van der Waals surface area contributed by atoms with Crippen LogP contribution in [0.15, 0.2) is 84.9 Å². The summed E-state index contributed by atoms with van der Waals surface area (Å²) in [6.45, 7) is 3.80. The molecule has 1 aliphatic rings. The minimum Gasteiger partial charge on any atom is -0.497 e. The summed E-state index contributed by atoms with van der Waals surface area (Å²) in [5.74, 6) is 0.679. The lowest BCUT2D eigenvalue weighted by molar-refractivity contribution is 0.0671. The Bertz CT molecular complexity index is 1440. The third-order valence-corrected chi connectivity index (χ3v) is 7.06. The highest BCUT2D eigenvalue weighted by Crippen LogP contribution is 2.32. The van der Waals surface area contributed by atoms with Gasteiger partial charge in [-0.05, 0) is 55.0 Å². The van der Waals surface area contributed by atoms with E-state index in [0.29, 0.717) is 36.8 Å². The van der Waals surface area contributed by atoms with Gasteiger partial charge in [0.15, 0.2) is 0 Å². The van der Waals surface area contributed by atoms with Crippen LogP contribution >= 0.6 is 11.6 Å². The van der Waals surface area contributed by atoms with E-state index in [0.717, 1.165) is 34.1 Å². The molecular formula is C30H29ClN4O3. The molecule has 0 radical (unpaired) electrons. The molecule has 0 bridgehead atoms.